The van der Waals surface area contributed by atoms with Crippen LogP contribution in [0.4, 0.5) is 11.4 Å². The molecule has 7 heteroatoms. The number of hydrogen-bond donors (Lipinski definition) is 3. The number of amides is 1. The van der Waals surface area contributed by atoms with Gasteiger partial charge in [0.2, 0.25) is 5.91 Å². The summed E-state index contributed by atoms with van der Waals surface area (Å²) < 4.78 is 4.72. The Bertz CT molecular complexity index is 924. The van der Waals surface area contributed by atoms with Gasteiger partial charge in [-0.3, -0.25) is 4.79 Å². The number of para-hydroxylation sites is 1. The number of esters is 1. The number of rotatable bonds is 6. The first kappa shape index (κ1) is 22.7. The Morgan fingerprint density at radius 3 is 2.32 bits per heavy atom. The SMILES string of the molecule is COC(=O)c1ccc(NC(=S)N[C@@H](C(=O)Nc2ccccc2C)C2CCCCC2)cc1. The van der Waals surface area contributed by atoms with Crippen LogP contribution >= 0.6 is 12.2 Å². The molecule has 6 nitrogen and oxygen atoms in total. The molecule has 1 atom stereocenters. The Kier molecular flexibility index (Phi) is 8.00. The highest BCUT2D eigenvalue weighted by Gasteiger charge is 2.30. The number of benzene rings is 2. The van der Waals surface area contributed by atoms with E-state index in [-0.39, 0.29) is 11.8 Å². The summed E-state index contributed by atoms with van der Waals surface area (Å²) in [6.07, 6.45) is 5.44. The molecule has 0 spiro atoms. The maximum Gasteiger partial charge on any atom is 0.337 e. The summed E-state index contributed by atoms with van der Waals surface area (Å²) in [7, 11) is 1.35. The van der Waals surface area contributed by atoms with Crippen LogP contribution in [0.5, 0.6) is 0 Å². The van der Waals surface area contributed by atoms with Crippen molar-refractivity contribution in [1.29, 1.82) is 0 Å². The van der Waals surface area contributed by atoms with E-state index in [0.717, 1.165) is 42.6 Å². The lowest BCUT2D eigenvalue weighted by Crippen LogP contribution is -2.50. The van der Waals surface area contributed by atoms with Gasteiger partial charge >= 0.3 is 5.97 Å². The first-order valence-corrected chi connectivity index (χ1v) is 11.0. The average Bonchev–Trinajstić information content (AvgIpc) is 2.79. The summed E-state index contributed by atoms with van der Waals surface area (Å²) in [5.41, 5.74) is 3.02. The number of thiocarbonyl (C=S) groups is 1. The van der Waals surface area contributed by atoms with Crippen LogP contribution in [0.2, 0.25) is 0 Å². The first-order chi connectivity index (χ1) is 15.0. The zero-order chi connectivity index (χ0) is 22.2. The van der Waals surface area contributed by atoms with Gasteiger partial charge in [0.25, 0.3) is 0 Å². The lowest BCUT2D eigenvalue weighted by Gasteiger charge is -2.31. The Morgan fingerprint density at radius 2 is 1.68 bits per heavy atom. The molecule has 0 bridgehead atoms. The zero-order valence-electron chi connectivity index (χ0n) is 17.9. The van der Waals surface area contributed by atoms with Crippen LogP contribution in [-0.2, 0) is 9.53 Å². The lowest BCUT2D eigenvalue weighted by atomic mass is 9.83. The van der Waals surface area contributed by atoms with Crippen molar-refractivity contribution >= 4 is 40.6 Å². The molecule has 164 valence electrons. The molecule has 1 saturated carbocycles. The van der Waals surface area contributed by atoms with Gasteiger partial charge in [-0.2, -0.15) is 0 Å². The second-order valence-electron chi connectivity index (χ2n) is 7.85. The van der Waals surface area contributed by atoms with E-state index in [1.807, 2.05) is 31.2 Å². The molecular weight excluding hydrogens is 410 g/mol. The highest BCUT2D eigenvalue weighted by Crippen LogP contribution is 2.27. The molecule has 3 rings (SSSR count). The van der Waals surface area contributed by atoms with Crippen LogP contribution in [0.1, 0.15) is 48.0 Å². The van der Waals surface area contributed by atoms with Gasteiger partial charge in [-0.15, -0.1) is 0 Å². The van der Waals surface area contributed by atoms with E-state index in [0.29, 0.717) is 10.7 Å². The van der Waals surface area contributed by atoms with E-state index in [4.69, 9.17) is 17.0 Å². The monoisotopic (exact) mass is 439 g/mol. The van der Waals surface area contributed by atoms with Gasteiger partial charge in [0.05, 0.1) is 12.7 Å². The molecular formula is C24H29N3O3S. The molecule has 1 aliphatic rings. The largest absolute Gasteiger partial charge is 0.465 e. The normalized spacial score (nSPS) is 14.9. The van der Waals surface area contributed by atoms with Crippen LogP contribution in [0.3, 0.4) is 0 Å². The number of methoxy groups -OCH3 is 1. The number of anilines is 2. The highest BCUT2D eigenvalue weighted by atomic mass is 32.1. The number of aryl methyl sites for hydroxylation is 1. The number of carbonyl (C=O) groups is 2. The van der Waals surface area contributed by atoms with Crippen molar-refractivity contribution < 1.29 is 14.3 Å². The van der Waals surface area contributed by atoms with E-state index >= 15 is 0 Å². The molecule has 2 aromatic rings. The zero-order valence-corrected chi connectivity index (χ0v) is 18.8. The molecule has 3 N–H and O–H groups in total. The third-order valence-corrected chi connectivity index (χ3v) is 5.88. The van der Waals surface area contributed by atoms with E-state index in [2.05, 4.69) is 16.0 Å². The third-order valence-electron chi connectivity index (χ3n) is 5.66. The minimum atomic E-state index is -0.422. The summed E-state index contributed by atoms with van der Waals surface area (Å²) in [6, 6.07) is 14.2. The molecule has 1 amide bonds. The number of carbonyl (C=O) groups excluding carboxylic acids is 2. The second-order valence-corrected chi connectivity index (χ2v) is 8.26. The first-order valence-electron chi connectivity index (χ1n) is 10.6. The number of ether oxygens (including phenoxy) is 1. The molecule has 2 aromatic carbocycles. The van der Waals surface area contributed by atoms with Gasteiger partial charge in [-0.25, -0.2) is 4.79 Å². The van der Waals surface area contributed by atoms with Gasteiger partial charge in [-0.1, -0.05) is 37.5 Å². The molecule has 1 aliphatic carbocycles. The van der Waals surface area contributed by atoms with Crippen molar-refractivity contribution in [2.24, 2.45) is 5.92 Å². The van der Waals surface area contributed by atoms with E-state index < -0.39 is 12.0 Å². The Morgan fingerprint density at radius 1 is 1.00 bits per heavy atom. The maximum absolute atomic E-state index is 13.2. The van der Waals surface area contributed by atoms with Gasteiger partial charge in [0, 0.05) is 11.4 Å². The third kappa shape index (κ3) is 6.28. The fourth-order valence-corrected chi connectivity index (χ4v) is 4.15. The van der Waals surface area contributed by atoms with Crippen molar-refractivity contribution in [3.05, 3.63) is 59.7 Å². The number of hydrogen-bond acceptors (Lipinski definition) is 4. The van der Waals surface area contributed by atoms with Crippen molar-refractivity contribution in [3.8, 4) is 0 Å². The maximum atomic E-state index is 13.2. The Labute approximate surface area is 188 Å². The van der Waals surface area contributed by atoms with Gasteiger partial charge < -0.3 is 20.7 Å². The predicted octanol–water partition coefficient (Wildman–Crippen LogP) is 4.66. The summed E-state index contributed by atoms with van der Waals surface area (Å²) in [5, 5.41) is 9.79. The molecule has 0 aromatic heterocycles. The van der Waals surface area contributed by atoms with Crippen molar-refractivity contribution in [3.63, 3.8) is 0 Å². The summed E-state index contributed by atoms with van der Waals surface area (Å²) >= 11 is 5.50. The second kappa shape index (κ2) is 10.9. The summed E-state index contributed by atoms with van der Waals surface area (Å²) in [5.74, 6) is -0.247. The molecule has 0 unspecified atom stereocenters. The smallest absolute Gasteiger partial charge is 0.337 e. The van der Waals surface area contributed by atoms with Crippen LogP contribution in [0.25, 0.3) is 0 Å². The van der Waals surface area contributed by atoms with Crippen LogP contribution < -0.4 is 16.0 Å². The van der Waals surface area contributed by atoms with Gasteiger partial charge in [-0.05, 0) is 73.8 Å². The molecule has 0 aliphatic heterocycles. The van der Waals surface area contributed by atoms with E-state index in [9.17, 15) is 9.59 Å². The van der Waals surface area contributed by atoms with Crippen LogP contribution in [0.15, 0.2) is 48.5 Å². The minimum absolute atomic E-state index is 0.0774. The Balaban J connectivity index is 1.68. The summed E-state index contributed by atoms with van der Waals surface area (Å²) in [6.45, 7) is 1.98. The van der Waals surface area contributed by atoms with Crippen molar-refractivity contribution in [1.82, 2.24) is 5.32 Å². The highest BCUT2D eigenvalue weighted by molar-refractivity contribution is 7.80. The average molecular weight is 440 g/mol. The summed E-state index contributed by atoms with van der Waals surface area (Å²) in [4.78, 5) is 24.8. The minimum Gasteiger partial charge on any atom is -0.465 e. The quantitative estimate of drug-likeness (QED) is 0.449. The molecule has 1 fully saturated rings. The molecule has 0 radical (unpaired) electrons. The topological polar surface area (TPSA) is 79.5 Å². The lowest BCUT2D eigenvalue weighted by molar-refractivity contribution is -0.119. The fourth-order valence-electron chi connectivity index (χ4n) is 3.90. The van der Waals surface area contributed by atoms with E-state index in [1.54, 1.807) is 24.3 Å². The van der Waals surface area contributed by atoms with Crippen LogP contribution in [0, 0.1) is 12.8 Å². The standard InChI is InChI=1S/C24H29N3O3S/c1-16-8-6-7-11-20(16)26-22(28)21(17-9-4-3-5-10-17)27-24(31)25-19-14-12-18(13-15-19)23(29)30-2/h6-8,11-15,17,21H,3-5,9-10H2,1-2H3,(H,26,28)(H2,25,27,31)/t21-/m1/s1. The predicted molar refractivity (Wildman–Crippen MR) is 127 cm³/mol. The van der Waals surface area contributed by atoms with E-state index in [1.165, 1.54) is 13.5 Å². The van der Waals surface area contributed by atoms with Crippen molar-refractivity contribution in [2.45, 2.75) is 45.1 Å². The van der Waals surface area contributed by atoms with Crippen molar-refractivity contribution in [2.75, 3.05) is 17.7 Å². The molecule has 0 saturated heterocycles. The van der Waals surface area contributed by atoms with Gasteiger partial charge in [0.15, 0.2) is 5.11 Å². The van der Waals surface area contributed by atoms with Gasteiger partial charge in [0.1, 0.15) is 6.04 Å². The number of nitrogens with one attached hydrogen (secondary N) is 3. The Hall–Kier alpha value is -2.93. The fraction of sp³-hybridized carbons (Fsp3) is 0.375. The molecule has 31 heavy (non-hydrogen) atoms. The van der Waals surface area contributed by atoms with Crippen LogP contribution in [-0.4, -0.2) is 30.1 Å². The molecule has 0 heterocycles.